The predicted molar refractivity (Wildman–Crippen MR) is 73.0 cm³/mol. The summed E-state index contributed by atoms with van der Waals surface area (Å²) in [6.45, 7) is 0. The highest BCUT2D eigenvalue weighted by atomic mass is 35.5. The maximum absolute atomic E-state index is 11.9. The van der Waals surface area contributed by atoms with Crippen molar-refractivity contribution < 1.29 is 9.66 Å². The molecule has 0 unspecified atom stereocenters. The molecule has 2 aromatic carbocycles. The third-order valence-corrected chi connectivity index (χ3v) is 2.72. The van der Waals surface area contributed by atoms with Gasteiger partial charge in [-0.3, -0.25) is 10.1 Å². The quantitative estimate of drug-likeness (QED) is 0.283. The lowest BCUT2D eigenvalue weighted by atomic mass is 10.2. The molecule has 0 atom stereocenters. The van der Waals surface area contributed by atoms with Gasteiger partial charge < -0.3 is 5.21 Å². The van der Waals surface area contributed by atoms with Crippen LogP contribution in [0.2, 0.25) is 5.02 Å². The Hall–Kier alpha value is -2.40. The summed E-state index contributed by atoms with van der Waals surface area (Å²) in [4.78, 5) is 10.3. The summed E-state index contributed by atoms with van der Waals surface area (Å²) < 4.78 is 0.568. The molecule has 0 radical (unpaired) electrons. The van der Waals surface area contributed by atoms with Crippen molar-refractivity contribution >= 4 is 29.2 Å². The van der Waals surface area contributed by atoms with Crippen LogP contribution in [0.1, 0.15) is 5.56 Å². The maximum atomic E-state index is 11.9. The van der Waals surface area contributed by atoms with E-state index in [1.807, 2.05) is 0 Å². The number of para-hydroxylation sites is 1. The van der Waals surface area contributed by atoms with Crippen LogP contribution in [0.25, 0.3) is 0 Å². The minimum absolute atomic E-state index is 0.114. The van der Waals surface area contributed by atoms with Crippen LogP contribution in [0.15, 0.2) is 48.5 Å². The van der Waals surface area contributed by atoms with E-state index in [1.165, 1.54) is 18.3 Å². The molecule has 0 N–H and O–H groups in total. The van der Waals surface area contributed by atoms with Crippen LogP contribution < -0.4 is 0 Å². The van der Waals surface area contributed by atoms with Gasteiger partial charge in [0.05, 0.1) is 4.92 Å². The second kappa shape index (κ2) is 5.49. The lowest BCUT2D eigenvalue weighted by Gasteiger charge is -2.03. The molecular weight excluding hydrogens is 268 g/mol. The van der Waals surface area contributed by atoms with Gasteiger partial charge in [-0.25, -0.2) is 0 Å². The molecule has 6 heteroatoms. The zero-order valence-electron chi connectivity index (χ0n) is 9.69. The average Bonchev–Trinajstić information content (AvgIpc) is 2.39. The minimum Gasteiger partial charge on any atom is -0.618 e. The van der Waals surface area contributed by atoms with Crippen molar-refractivity contribution in [1.82, 2.24) is 0 Å². The summed E-state index contributed by atoms with van der Waals surface area (Å²) in [5.41, 5.74) is 0.484. The van der Waals surface area contributed by atoms with Crippen molar-refractivity contribution in [1.29, 1.82) is 0 Å². The third-order valence-electron chi connectivity index (χ3n) is 2.47. The standard InChI is InChI=1S/C13H9ClN2O3/c14-11-5-7-12(8-6-11)15(17)9-10-3-1-2-4-13(10)16(18)19/h1-9H/b15-9-. The fraction of sp³-hybridized carbons (Fsp3) is 0. The van der Waals surface area contributed by atoms with Crippen molar-refractivity contribution in [3.8, 4) is 0 Å². The van der Waals surface area contributed by atoms with Gasteiger partial charge in [-0.1, -0.05) is 23.7 Å². The Balaban J connectivity index is 2.41. The summed E-state index contributed by atoms with van der Waals surface area (Å²) in [5, 5.41) is 23.2. The molecule has 5 nitrogen and oxygen atoms in total. The first-order chi connectivity index (χ1) is 9.08. The van der Waals surface area contributed by atoms with E-state index < -0.39 is 4.92 Å². The largest absolute Gasteiger partial charge is 0.618 e. The van der Waals surface area contributed by atoms with Crippen LogP contribution >= 0.6 is 11.6 Å². The first kappa shape index (κ1) is 13.0. The first-order valence-corrected chi connectivity index (χ1v) is 5.76. The van der Waals surface area contributed by atoms with Crippen LogP contribution in [-0.4, -0.2) is 15.9 Å². The van der Waals surface area contributed by atoms with Gasteiger partial charge in [-0.2, -0.15) is 4.74 Å². The first-order valence-electron chi connectivity index (χ1n) is 5.38. The van der Waals surface area contributed by atoms with E-state index in [0.29, 0.717) is 15.4 Å². The van der Waals surface area contributed by atoms with Crippen LogP contribution in [0.3, 0.4) is 0 Å². The molecule has 2 rings (SSSR count). The van der Waals surface area contributed by atoms with Gasteiger partial charge in [0.15, 0.2) is 6.21 Å². The van der Waals surface area contributed by atoms with Crippen LogP contribution in [-0.2, 0) is 0 Å². The van der Waals surface area contributed by atoms with Crippen molar-refractivity contribution in [2.45, 2.75) is 0 Å². The monoisotopic (exact) mass is 276 g/mol. The molecule has 19 heavy (non-hydrogen) atoms. The lowest BCUT2D eigenvalue weighted by Crippen LogP contribution is -2.01. The topological polar surface area (TPSA) is 69.2 Å². The molecule has 0 fully saturated rings. The maximum Gasteiger partial charge on any atom is 0.282 e. The fourth-order valence-electron chi connectivity index (χ4n) is 1.55. The number of hydrogen-bond acceptors (Lipinski definition) is 3. The highest BCUT2D eigenvalue weighted by molar-refractivity contribution is 6.30. The molecule has 0 aliphatic rings. The Labute approximate surface area is 114 Å². The second-order valence-electron chi connectivity index (χ2n) is 3.75. The third kappa shape index (κ3) is 3.08. The van der Waals surface area contributed by atoms with E-state index in [-0.39, 0.29) is 11.3 Å². The number of nitro groups is 1. The van der Waals surface area contributed by atoms with Gasteiger partial charge in [0.25, 0.3) is 5.69 Å². The van der Waals surface area contributed by atoms with E-state index in [1.54, 1.807) is 36.4 Å². The molecule has 0 bridgehead atoms. The van der Waals surface area contributed by atoms with E-state index in [0.717, 1.165) is 0 Å². The Bertz CT molecular complexity index is 639. The van der Waals surface area contributed by atoms with Crippen molar-refractivity contribution in [2.75, 3.05) is 0 Å². The van der Waals surface area contributed by atoms with Gasteiger partial charge in [0, 0.05) is 23.2 Å². The summed E-state index contributed by atoms with van der Waals surface area (Å²) in [7, 11) is 0. The molecule has 0 saturated carbocycles. The number of rotatable bonds is 3. The highest BCUT2D eigenvalue weighted by Gasteiger charge is 2.13. The van der Waals surface area contributed by atoms with Crippen molar-refractivity contribution in [2.24, 2.45) is 0 Å². The van der Waals surface area contributed by atoms with E-state index in [9.17, 15) is 15.3 Å². The molecule has 0 spiro atoms. The number of nitro benzene ring substituents is 1. The summed E-state index contributed by atoms with van der Waals surface area (Å²) >= 11 is 5.72. The molecule has 2 aromatic rings. The van der Waals surface area contributed by atoms with Crippen molar-refractivity contribution in [3.05, 3.63) is 74.4 Å². The Morgan fingerprint density at radius 3 is 2.26 bits per heavy atom. The van der Waals surface area contributed by atoms with Crippen LogP contribution in [0.4, 0.5) is 11.4 Å². The zero-order valence-corrected chi connectivity index (χ0v) is 10.4. The van der Waals surface area contributed by atoms with Gasteiger partial charge in [0.2, 0.25) is 5.69 Å². The SMILES string of the molecule is O=[N+]([O-])c1ccccc1/C=[N+](\[O-])c1ccc(Cl)cc1. The second-order valence-corrected chi connectivity index (χ2v) is 4.18. The van der Waals surface area contributed by atoms with Gasteiger partial charge in [0.1, 0.15) is 5.56 Å². The normalized spacial score (nSPS) is 11.3. The Kier molecular flexibility index (Phi) is 3.77. The highest BCUT2D eigenvalue weighted by Crippen LogP contribution is 2.18. The Morgan fingerprint density at radius 1 is 1.00 bits per heavy atom. The number of benzene rings is 2. The summed E-state index contributed by atoms with van der Waals surface area (Å²) in [6.07, 6.45) is 1.17. The number of hydrogen-bond donors (Lipinski definition) is 0. The summed E-state index contributed by atoms with van der Waals surface area (Å²) in [5.74, 6) is 0. The molecule has 0 heterocycles. The van der Waals surface area contributed by atoms with E-state index in [2.05, 4.69) is 0 Å². The van der Waals surface area contributed by atoms with Gasteiger partial charge in [-0.15, -0.1) is 0 Å². The Morgan fingerprint density at radius 2 is 1.63 bits per heavy atom. The number of halogens is 1. The average molecular weight is 277 g/mol. The molecule has 96 valence electrons. The lowest BCUT2D eigenvalue weighted by molar-refractivity contribution is -0.386. The van der Waals surface area contributed by atoms with E-state index in [4.69, 9.17) is 11.6 Å². The summed E-state index contributed by atoms with van der Waals surface area (Å²) in [6, 6.07) is 12.3. The molecule has 0 aromatic heterocycles. The van der Waals surface area contributed by atoms with Crippen LogP contribution in [0.5, 0.6) is 0 Å². The number of nitrogens with zero attached hydrogens (tertiary/aromatic N) is 2. The zero-order chi connectivity index (χ0) is 13.8. The van der Waals surface area contributed by atoms with E-state index >= 15 is 0 Å². The smallest absolute Gasteiger partial charge is 0.282 e. The fourth-order valence-corrected chi connectivity index (χ4v) is 1.68. The van der Waals surface area contributed by atoms with Crippen molar-refractivity contribution in [3.63, 3.8) is 0 Å². The predicted octanol–water partition coefficient (Wildman–Crippen LogP) is 3.51. The molecule has 0 aliphatic carbocycles. The van der Waals surface area contributed by atoms with Gasteiger partial charge >= 0.3 is 0 Å². The molecular formula is C13H9ClN2O3. The minimum atomic E-state index is -0.526. The molecule has 0 amide bonds. The molecule has 0 aliphatic heterocycles. The van der Waals surface area contributed by atoms with Crippen LogP contribution in [0, 0.1) is 15.3 Å². The van der Waals surface area contributed by atoms with Gasteiger partial charge in [-0.05, 0) is 18.2 Å². The molecule has 0 saturated heterocycles.